The molecule has 0 aromatic rings. The molecule has 0 amide bonds. The number of hydrogen-bond acceptors (Lipinski definition) is 3. The van der Waals surface area contributed by atoms with E-state index in [9.17, 15) is 8.76 Å². The quantitative estimate of drug-likeness (QED) is 0.136. The van der Waals surface area contributed by atoms with Gasteiger partial charge in [-0.3, -0.25) is 4.18 Å². The van der Waals surface area contributed by atoms with Crippen molar-refractivity contribution in [2.75, 3.05) is 0 Å². The Morgan fingerprint density at radius 1 is 0.318 bits per heavy atom. The molecule has 0 aliphatic carbocycles. The first-order valence-corrected chi connectivity index (χ1v) is 31.2. The molecule has 0 saturated heterocycles. The zero-order valence-corrected chi connectivity index (χ0v) is 62.0. The normalized spacial score (nSPS) is 17.6. The molecule has 0 fully saturated rings. The van der Waals surface area contributed by atoms with E-state index in [1.54, 1.807) is 0 Å². The molecular weight excluding hydrogens is 2390 g/mol. The van der Waals surface area contributed by atoms with Crippen LogP contribution in [-0.4, -0.2) is 49.9 Å². The lowest BCUT2D eigenvalue weighted by Crippen LogP contribution is -2.72. The first-order valence-electron chi connectivity index (χ1n) is 8.81. The van der Waals surface area contributed by atoms with Gasteiger partial charge in [0.25, 0.3) is 0 Å². The summed E-state index contributed by atoms with van der Waals surface area (Å²) in [6.45, 7) is 0. The maximum absolute atomic E-state index is 11.5. The number of alkyl halides is 27. The zero-order chi connectivity index (χ0) is 36.8. The van der Waals surface area contributed by atoms with Crippen LogP contribution in [0.5, 0.6) is 0 Å². The third-order valence-electron chi connectivity index (χ3n) is 4.84. The lowest BCUT2D eigenvalue weighted by Gasteiger charge is -2.61. The molecule has 0 aromatic heterocycles. The van der Waals surface area contributed by atoms with Gasteiger partial charge in [-0.1, -0.05) is 398 Å². The fraction of sp³-hybridized carbons (Fsp3) is 1.00. The van der Waals surface area contributed by atoms with Gasteiger partial charge in [-0.2, -0.15) is 0 Å². The van der Waals surface area contributed by atoms with Gasteiger partial charge in [0, 0.05) is 0 Å². The Kier molecular flexibility index (Phi) is 24.4. The van der Waals surface area contributed by atoms with Gasteiger partial charge >= 0.3 is 0 Å². The highest BCUT2D eigenvalue weighted by Crippen LogP contribution is 2.82. The Balaban J connectivity index is 7.45. The van der Waals surface area contributed by atoms with E-state index in [1.165, 1.54) is 0 Å². The lowest BCUT2D eigenvalue weighted by atomic mass is 10.0. The molecule has 0 heterocycles. The summed E-state index contributed by atoms with van der Waals surface area (Å²) in [5, 5.41) is 0. The SMILES string of the molecule is O=S([O-])OC(Br)(Br)C(Br)(Br)C(Br)(Br)C(Br)(Br)C(Br)(Br)C(Br)(Br)C(Br)(Br)C(Br)(Br)C(Br)(Br)C(Br)(Br)C(Br)(Br)C(Br)(Br)C(Br)(Br)Br. The van der Waals surface area contributed by atoms with Crippen molar-refractivity contribution in [3.8, 4) is 0 Å². The van der Waals surface area contributed by atoms with E-state index in [-0.39, 0.29) is 0 Å². The van der Waals surface area contributed by atoms with Crippen LogP contribution in [0, 0.1) is 0 Å². The molecular formula is C13Br27O3S-. The second kappa shape index (κ2) is 18.8. The number of halogens is 27. The van der Waals surface area contributed by atoms with Crippen molar-refractivity contribution in [2.45, 2.75) is 41.1 Å². The maximum atomic E-state index is 11.5. The smallest absolute Gasteiger partial charge is 0.219 e. The van der Waals surface area contributed by atoms with Crippen molar-refractivity contribution in [3.63, 3.8) is 0 Å². The van der Waals surface area contributed by atoms with Crippen LogP contribution in [0.3, 0.4) is 0 Å². The Hall–Kier alpha value is 13.0. The van der Waals surface area contributed by atoms with Crippen molar-refractivity contribution in [1.29, 1.82) is 0 Å². The van der Waals surface area contributed by atoms with Gasteiger partial charge in [0.1, 0.15) is 32.3 Å². The molecule has 1 unspecified atom stereocenters. The monoisotopic (exact) mass is 2370 g/mol. The molecule has 0 spiro atoms. The van der Waals surface area contributed by atoms with E-state index < -0.39 is 52.5 Å². The van der Waals surface area contributed by atoms with E-state index in [1.807, 2.05) is 0 Å². The molecule has 266 valence electrons. The molecule has 44 heavy (non-hydrogen) atoms. The van der Waals surface area contributed by atoms with E-state index in [2.05, 4.69) is 430 Å². The van der Waals surface area contributed by atoms with Crippen molar-refractivity contribution < 1.29 is 12.9 Å². The van der Waals surface area contributed by atoms with Gasteiger partial charge in [0.2, 0.25) is 3.42 Å². The minimum absolute atomic E-state index is 0.909. The third kappa shape index (κ3) is 10.1. The van der Waals surface area contributed by atoms with Crippen molar-refractivity contribution >= 4 is 441 Å². The summed E-state index contributed by atoms with van der Waals surface area (Å²) in [6, 6.07) is 0. The summed E-state index contributed by atoms with van der Waals surface area (Å²) in [5.74, 6) is 0. The van der Waals surface area contributed by atoms with E-state index in [4.69, 9.17) is 4.18 Å². The average Bonchev–Trinajstić information content (AvgIpc) is 2.75. The molecule has 3 nitrogen and oxygen atoms in total. The molecule has 0 saturated carbocycles. The predicted octanol–water partition coefficient (Wildman–Crippen LogP) is 19.4. The summed E-state index contributed by atoms with van der Waals surface area (Å²) in [6.07, 6.45) is 0. The van der Waals surface area contributed by atoms with E-state index in [0.29, 0.717) is 0 Å². The summed E-state index contributed by atoms with van der Waals surface area (Å²) >= 11 is 98.1. The Bertz CT molecular complexity index is 1090. The average molecular weight is 2390 g/mol. The van der Waals surface area contributed by atoms with Gasteiger partial charge in [0.15, 0.2) is 5.38 Å². The van der Waals surface area contributed by atoms with E-state index in [0.717, 1.165) is 0 Å². The highest BCUT2D eigenvalue weighted by molar-refractivity contribution is 9.42. The molecule has 0 bridgehead atoms. The van der Waals surface area contributed by atoms with Crippen molar-refractivity contribution in [1.82, 2.24) is 0 Å². The van der Waals surface area contributed by atoms with Gasteiger partial charge in [0.05, 0.1) is 11.4 Å². The standard InChI is InChI=1S/C13HBr27O3S/c14-1(15,2(16,17)4(20,21)6(24,25)8(28,29)10(32,33)12(36,37)38)3(18,19)5(22,23)7(26,27)9(30,31)11(34,35)13(39,40)43-44(41)42/h(H,41,42)/p-1. The summed E-state index contributed by atoms with van der Waals surface area (Å²) < 4.78 is 11.1. The Morgan fingerprint density at radius 3 is 0.636 bits per heavy atom. The van der Waals surface area contributed by atoms with Crippen LogP contribution in [0.25, 0.3) is 0 Å². The van der Waals surface area contributed by atoms with Crippen molar-refractivity contribution in [3.05, 3.63) is 0 Å². The number of hydrogen-bond donors (Lipinski definition) is 0. The molecule has 1 atom stereocenters. The zero-order valence-electron chi connectivity index (χ0n) is 18.3. The van der Waals surface area contributed by atoms with E-state index >= 15 is 0 Å². The molecule has 0 radical (unpaired) electrons. The maximum Gasteiger partial charge on any atom is 0.219 e. The van der Waals surface area contributed by atoms with Crippen LogP contribution in [0.1, 0.15) is 0 Å². The molecule has 0 aliphatic heterocycles. The third-order valence-corrected chi connectivity index (χ3v) is 61.6. The molecule has 0 aliphatic rings. The van der Waals surface area contributed by atoms with Crippen LogP contribution >= 0.6 is 430 Å². The summed E-state index contributed by atoms with van der Waals surface area (Å²) in [4.78, 5) is 0. The van der Waals surface area contributed by atoms with Gasteiger partial charge in [-0.05, 0) is 31.9 Å². The first kappa shape index (κ1) is 57.0. The highest BCUT2D eigenvalue weighted by Gasteiger charge is 2.82. The second-order valence-corrected chi connectivity index (χ2v) is 56.1. The van der Waals surface area contributed by atoms with Crippen molar-refractivity contribution in [2.24, 2.45) is 0 Å². The second-order valence-electron chi connectivity index (χ2n) is 7.62. The minimum Gasteiger partial charge on any atom is -0.750 e. The number of rotatable bonds is 13. The van der Waals surface area contributed by atoms with Gasteiger partial charge < -0.3 is 4.55 Å². The van der Waals surface area contributed by atoms with Gasteiger partial charge in [-0.15, -0.1) is 0 Å². The van der Waals surface area contributed by atoms with Crippen LogP contribution in [0.2, 0.25) is 0 Å². The lowest BCUT2D eigenvalue weighted by molar-refractivity contribution is 0.247. The molecule has 0 aromatic carbocycles. The van der Waals surface area contributed by atoms with Crippen LogP contribution in [-0.2, 0) is 15.5 Å². The van der Waals surface area contributed by atoms with Gasteiger partial charge in [-0.25, -0.2) is 4.21 Å². The minimum atomic E-state index is -2.93. The predicted molar refractivity (Wildman–Crippen MR) is 287 cm³/mol. The first-order chi connectivity index (χ1) is 18.4. The Labute approximate surface area is 483 Å². The van der Waals surface area contributed by atoms with Crippen LogP contribution in [0.15, 0.2) is 0 Å². The van der Waals surface area contributed by atoms with Crippen LogP contribution < -0.4 is 0 Å². The largest absolute Gasteiger partial charge is 0.750 e. The summed E-state index contributed by atoms with van der Waals surface area (Å²) in [7, 11) is 0. The fourth-order valence-corrected chi connectivity index (χ4v) is 29.2. The topological polar surface area (TPSA) is 49.4 Å². The molecule has 0 rings (SSSR count). The van der Waals surface area contributed by atoms with Crippen LogP contribution in [0.4, 0.5) is 0 Å². The Morgan fingerprint density at radius 2 is 0.477 bits per heavy atom. The fourth-order valence-electron chi connectivity index (χ4n) is 2.27. The molecule has 31 heteroatoms. The summed E-state index contributed by atoms with van der Waals surface area (Å²) in [5.41, 5.74) is 0. The highest BCUT2D eigenvalue weighted by atomic mass is 80.0. The molecule has 0 N–H and O–H groups in total.